The van der Waals surface area contributed by atoms with Crippen LogP contribution in [0.15, 0.2) is 29.0 Å². The highest BCUT2D eigenvalue weighted by atomic mass is 16.5. The Morgan fingerprint density at radius 3 is 2.84 bits per heavy atom. The fraction of sp³-hybridized carbons (Fsp3) is 0.579. The molecule has 0 spiro atoms. The van der Waals surface area contributed by atoms with E-state index in [0.29, 0.717) is 36.5 Å². The van der Waals surface area contributed by atoms with Gasteiger partial charge in [-0.3, -0.25) is 9.78 Å². The highest BCUT2D eigenvalue weighted by Gasteiger charge is 2.36. The molecule has 0 N–H and O–H groups in total. The highest BCUT2D eigenvalue weighted by molar-refractivity contribution is 5.77. The van der Waals surface area contributed by atoms with E-state index in [4.69, 9.17) is 4.52 Å². The van der Waals surface area contributed by atoms with Crippen LogP contribution in [-0.4, -0.2) is 38.0 Å². The first-order valence-electron chi connectivity index (χ1n) is 9.14. The van der Waals surface area contributed by atoms with Gasteiger partial charge in [0.05, 0.1) is 0 Å². The van der Waals surface area contributed by atoms with Crippen molar-refractivity contribution in [3.63, 3.8) is 0 Å². The van der Waals surface area contributed by atoms with Crippen molar-refractivity contribution in [3.8, 4) is 11.4 Å². The average Bonchev–Trinajstić information content (AvgIpc) is 3.35. The zero-order valence-corrected chi connectivity index (χ0v) is 15.2. The maximum absolute atomic E-state index is 12.8. The van der Waals surface area contributed by atoms with E-state index >= 15 is 0 Å². The molecule has 0 unspecified atom stereocenters. The molecule has 134 valence electrons. The van der Waals surface area contributed by atoms with Crippen molar-refractivity contribution >= 4 is 5.91 Å². The molecule has 1 aliphatic carbocycles. The third-order valence-corrected chi connectivity index (χ3v) is 5.08. The van der Waals surface area contributed by atoms with Crippen LogP contribution in [0.3, 0.4) is 0 Å². The maximum Gasteiger partial charge on any atom is 0.227 e. The van der Waals surface area contributed by atoms with E-state index in [2.05, 4.69) is 40.8 Å². The molecule has 1 aliphatic rings. The Labute approximate surface area is 148 Å². The summed E-state index contributed by atoms with van der Waals surface area (Å²) in [6.45, 7) is 6.55. The molecule has 0 radical (unpaired) electrons. The molecule has 2 atom stereocenters. The Balaban J connectivity index is 1.60. The molecule has 0 aromatic carbocycles. The summed E-state index contributed by atoms with van der Waals surface area (Å²) in [7, 11) is 0. The van der Waals surface area contributed by atoms with Crippen molar-refractivity contribution in [2.75, 3.05) is 0 Å². The monoisotopic (exact) mass is 342 g/mol. The summed E-state index contributed by atoms with van der Waals surface area (Å²) in [5.74, 6) is 1.71. The summed E-state index contributed by atoms with van der Waals surface area (Å²) < 4.78 is 5.29. The van der Waals surface area contributed by atoms with Crippen LogP contribution in [0.2, 0.25) is 0 Å². The summed E-state index contributed by atoms with van der Waals surface area (Å²) in [6, 6.07) is 4.41. The van der Waals surface area contributed by atoms with Crippen LogP contribution in [0.5, 0.6) is 0 Å². The summed E-state index contributed by atoms with van der Waals surface area (Å²) in [4.78, 5) is 23.3. The van der Waals surface area contributed by atoms with E-state index in [0.717, 1.165) is 24.8 Å². The number of carbonyl (C=O) groups excluding carboxylic acids is 1. The molecule has 2 heterocycles. The maximum atomic E-state index is 12.8. The number of rotatable bonds is 8. The van der Waals surface area contributed by atoms with Crippen molar-refractivity contribution in [1.29, 1.82) is 0 Å². The Bertz CT molecular complexity index is 696. The number of hydrogen-bond donors (Lipinski definition) is 0. The van der Waals surface area contributed by atoms with E-state index in [1.807, 2.05) is 12.1 Å². The summed E-state index contributed by atoms with van der Waals surface area (Å²) in [5.41, 5.74) is 0.814. The Morgan fingerprint density at radius 2 is 2.20 bits per heavy atom. The molecule has 1 fully saturated rings. The second kappa shape index (κ2) is 7.76. The second-order valence-corrected chi connectivity index (χ2v) is 6.91. The minimum atomic E-state index is 0.191. The molecule has 1 saturated carbocycles. The fourth-order valence-electron chi connectivity index (χ4n) is 3.04. The number of carbonyl (C=O) groups is 1. The molecule has 0 aliphatic heterocycles. The zero-order valence-electron chi connectivity index (χ0n) is 15.2. The third kappa shape index (κ3) is 4.24. The van der Waals surface area contributed by atoms with Gasteiger partial charge in [-0.2, -0.15) is 4.98 Å². The zero-order chi connectivity index (χ0) is 17.8. The van der Waals surface area contributed by atoms with Crippen molar-refractivity contribution in [3.05, 3.63) is 30.4 Å². The summed E-state index contributed by atoms with van der Waals surface area (Å²) >= 11 is 0. The van der Waals surface area contributed by atoms with Crippen LogP contribution in [0, 0.1) is 5.92 Å². The number of aryl methyl sites for hydroxylation is 1. The fourth-order valence-corrected chi connectivity index (χ4v) is 3.04. The normalized spacial score (nSPS) is 16.4. The molecule has 6 heteroatoms. The molecular formula is C19H26N4O2. The van der Waals surface area contributed by atoms with Crippen LogP contribution in [-0.2, 0) is 11.2 Å². The van der Waals surface area contributed by atoms with E-state index < -0.39 is 0 Å². The molecule has 25 heavy (non-hydrogen) atoms. The molecule has 0 saturated heterocycles. The van der Waals surface area contributed by atoms with Gasteiger partial charge in [0, 0.05) is 42.9 Å². The quantitative estimate of drug-likeness (QED) is 0.734. The summed E-state index contributed by atoms with van der Waals surface area (Å²) in [5, 5.41) is 3.98. The number of pyridine rings is 1. The highest BCUT2D eigenvalue weighted by Crippen LogP contribution is 2.32. The van der Waals surface area contributed by atoms with Crippen molar-refractivity contribution in [1.82, 2.24) is 20.0 Å². The molecular weight excluding hydrogens is 316 g/mol. The Morgan fingerprint density at radius 1 is 1.40 bits per heavy atom. The van der Waals surface area contributed by atoms with Gasteiger partial charge in [0.25, 0.3) is 0 Å². The minimum absolute atomic E-state index is 0.191. The number of hydrogen-bond acceptors (Lipinski definition) is 5. The Kier molecular flexibility index (Phi) is 5.46. The van der Waals surface area contributed by atoms with Crippen LogP contribution < -0.4 is 0 Å². The lowest BCUT2D eigenvalue weighted by Gasteiger charge is -2.33. The lowest BCUT2D eigenvalue weighted by Crippen LogP contribution is -2.43. The number of aromatic nitrogens is 3. The molecule has 1 amide bonds. The molecule has 3 rings (SSSR count). The van der Waals surface area contributed by atoms with Gasteiger partial charge in [-0.25, -0.2) is 0 Å². The first kappa shape index (κ1) is 17.6. The van der Waals surface area contributed by atoms with Crippen LogP contribution in [0.25, 0.3) is 11.4 Å². The molecule has 6 nitrogen and oxygen atoms in total. The molecule has 2 aromatic heterocycles. The predicted octanol–water partition coefficient (Wildman–Crippen LogP) is 3.49. The standard InChI is InChI=1S/C19H26N4O2/c1-4-13(2)14(3)23(16-7-8-16)18(24)10-9-17-21-19(22-25-17)15-6-5-11-20-12-15/h5-6,11-14,16H,4,7-10H2,1-3H3/t13-,14+/m0/s1. The van der Waals surface area contributed by atoms with Crippen LogP contribution >= 0.6 is 0 Å². The summed E-state index contributed by atoms with van der Waals surface area (Å²) in [6.07, 6.45) is 7.61. The van der Waals surface area contributed by atoms with Gasteiger partial charge in [0.2, 0.25) is 17.6 Å². The van der Waals surface area contributed by atoms with Gasteiger partial charge in [0.1, 0.15) is 0 Å². The second-order valence-electron chi connectivity index (χ2n) is 6.91. The van der Waals surface area contributed by atoms with E-state index in [1.165, 1.54) is 0 Å². The van der Waals surface area contributed by atoms with Gasteiger partial charge >= 0.3 is 0 Å². The van der Waals surface area contributed by atoms with Crippen molar-refractivity contribution in [2.24, 2.45) is 5.92 Å². The van der Waals surface area contributed by atoms with Gasteiger partial charge in [-0.15, -0.1) is 0 Å². The first-order chi connectivity index (χ1) is 12.1. The molecule has 2 aromatic rings. The SMILES string of the molecule is CC[C@H](C)[C@@H](C)N(C(=O)CCc1nc(-c2cccnc2)no1)C1CC1. The van der Waals surface area contributed by atoms with Crippen molar-refractivity contribution in [2.45, 2.75) is 65.0 Å². The van der Waals surface area contributed by atoms with Crippen molar-refractivity contribution < 1.29 is 9.32 Å². The average molecular weight is 342 g/mol. The van der Waals surface area contributed by atoms with Gasteiger partial charge in [-0.1, -0.05) is 25.4 Å². The number of amides is 1. The minimum Gasteiger partial charge on any atom is -0.339 e. The van der Waals surface area contributed by atoms with E-state index in [1.54, 1.807) is 12.4 Å². The molecule has 0 bridgehead atoms. The van der Waals surface area contributed by atoms with E-state index in [9.17, 15) is 4.79 Å². The first-order valence-corrected chi connectivity index (χ1v) is 9.14. The van der Waals surface area contributed by atoms with E-state index in [-0.39, 0.29) is 11.9 Å². The van der Waals surface area contributed by atoms with Gasteiger partial charge in [-0.05, 0) is 37.8 Å². The smallest absolute Gasteiger partial charge is 0.227 e. The third-order valence-electron chi connectivity index (χ3n) is 5.08. The van der Waals surface area contributed by atoms with Gasteiger partial charge < -0.3 is 9.42 Å². The van der Waals surface area contributed by atoms with Crippen LogP contribution in [0.1, 0.15) is 52.3 Å². The van der Waals surface area contributed by atoms with Crippen LogP contribution in [0.4, 0.5) is 0 Å². The lowest BCUT2D eigenvalue weighted by atomic mass is 9.98. The van der Waals surface area contributed by atoms with Gasteiger partial charge in [0.15, 0.2) is 0 Å². The topological polar surface area (TPSA) is 72.1 Å². The lowest BCUT2D eigenvalue weighted by molar-refractivity contribution is -0.135. The Hall–Kier alpha value is -2.24. The largest absolute Gasteiger partial charge is 0.339 e. The predicted molar refractivity (Wildman–Crippen MR) is 94.6 cm³/mol. The number of nitrogens with zero attached hydrogens (tertiary/aromatic N) is 4.